The van der Waals surface area contributed by atoms with Crippen LogP contribution in [0.2, 0.25) is 0 Å². The molecule has 2 aromatic rings. The van der Waals surface area contributed by atoms with Crippen LogP contribution < -0.4 is 0 Å². The SMILES string of the molecule is Cc1[nH]c(C(=O)O)c(-c2ccc(F)cc2)c1C(=O)O. The zero-order valence-electron chi connectivity index (χ0n) is 9.90. The molecular weight excluding hydrogens is 253 g/mol. The summed E-state index contributed by atoms with van der Waals surface area (Å²) in [5, 5.41) is 18.3. The van der Waals surface area contributed by atoms with Crippen LogP contribution in [0, 0.1) is 12.7 Å². The number of aromatic nitrogens is 1. The molecule has 0 atom stereocenters. The fraction of sp³-hybridized carbons (Fsp3) is 0.0769. The molecule has 1 aromatic heterocycles. The van der Waals surface area contributed by atoms with Crippen LogP contribution in [0.5, 0.6) is 0 Å². The maximum atomic E-state index is 12.9. The number of carboxylic acids is 2. The molecule has 0 radical (unpaired) electrons. The highest BCUT2D eigenvalue weighted by Crippen LogP contribution is 2.30. The average Bonchev–Trinajstić information content (AvgIpc) is 2.68. The van der Waals surface area contributed by atoms with Crippen molar-refractivity contribution in [1.82, 2.24) is 4.98 Å². The lowest BCUT2D eigenvalue weighted by atomic mass is 10.00. The molecule has 1 heterocycles. The number of halogens is 1. The van der Waals surface area contributed by atoms with Crippen molar-refractivity contribution in [3.63, 3.8) is 0 Å². The summed E-state index contributed by atoms with van der Waals surface area (Å²) in [6.45, 7) is 1.48. The van der Waals surface area contributed by atoms with Gasteiger partial charge in [-0.3, -0.25) is 0 Å². The first-order valence-corrected chi connectivity index (χ1v) is 5.37. The second-order valence-corrected chi connectivity index (χ2v) is 3.99. The first-order chi connectivity index (χ1) is 8.91. The summed E-state index contributed by atoms with van der Waals surface area (Å²) in [5.41, 5.74) is 0.285. The number of hydrogen-bond acceptors (Lipinski definition) is 2. The van der Waals surface area contributed by atoms with Gasteiger partial charge in [0.1, 0.15) is 11.5 Å². The van der Waals surface area contributed by atoms with Crippen molar-refractivity contribution in [3.8, 4) is 11.1 Å². The number of benzene rings is 1. The first kappa shape index (κ1) is 12.8. The summed E-state index contributed by atoms with van der Waals surface area (Å²) in [6.07, 6.45) is 0. The molecule has 0 aliphatic carbocycles. The third-order valence-electron chi connectivity index (χ3n) is 2.75. The molecule has 0 saturated carbocycles. The van der Waals surface area contributed by atoms with Crippen LogP contribution in [0.25, 0.3) is 11.1 Å². The molecule has 0 unspecified atom stereocenters. The predicted octanol–water partition coefficient (Wildman–Crippen LogP) is 2.53. The average molecular weight is 263 g/mol. The Kier molecular flexibility index (Phi) is 3.08. The van der Waals surface area contributed by atoms with E-state index in [1.807, 2.05) is 0 Å². The van der Waals surface area contributed by atoms with Gasteiger partial charge in [-0.1, -0.05) is 12.1 Å². The van der Waals surface area contributed by atoms with Gasteiger partial charge in [0.05, 0.1) is 5.56 Å². The van der Waals surface area contributed by atoms with E-state index in [1.54, 1.807) is 0 Å². The zero-order valence-corrected chi connectivity index (χ0v) is 9.90. The Labute approximate surface area is 107 Å². The number of carbonyl (C=O) groups is 2. The lowest BCUT2D eigenvalue weighted by Crippen LogP contribution is -2.02. The molecule has 19 heavy (non-hydrogen) atoms. The summed E-state index contributed by atoms with van der Waals surface area (Å²) in [7, 11) is 0. The monoisotopic (exact) mass is 263 g/mol. The molecule has 0 spiro atoms. The van der Waals surface area contributed by atoms with Crippen molar-refractivity contribution < 1.29 is 24.2 Å². The van der Waals surface area contributed by atoms with Gasteiger partial charge in [-0.15, -0.1) is 0 Å². The normalized spacial score (nSPS) is 10.4. The number of rotatable bonds is 3. The quantitative estimate of drug-likeness (QED) is 0.793. The van der Waals surface area contributed by atoms with Crippen molar-refractivity contribution in [2.24, 2.45) is 0 Å². The second-order valence-electron chi connectivity index (χ2n) is 3.99. The highest BCUT2D eigenvalue weighted by Gasteiger charge is 2.25. The molecule has 2 rings (SSSR count). The molecule has 3 N–H and O–H groups in total. The third kappa shape index (κ3) is 2.20. The van der Waals surface area contributed by atoms with Gasteiger partial charge in [0.15, 0.2) is 0 Å². The largest absolute Gasteiger partial charge is 0.478 e. The van der Waals surface area contributed by atoms with E-state index >= 15 is 0 Å². The Bertz CT molecular complexity index is 658. The van der Waals surface area contributed by atoms with E-state index in [0.717, 1.165) is 12.1 Å². The number of nitrogens with one attached hydrogen (secondary N) is 1. The Hall–Kier alpha value is -2.63. The van der Waals surface area contributed by atoms with E-state index in [-0.39, 0.29) is 22.5 Å². The second kappa shape index (κ2) is 4.56. The van der Waals surface area contributed by atoms with Gasteiger partial charge >= 0.3 is 11.9 Å². The first-order valence-electron chi connectivity index (χ1n) is 5.37. The van der Waals surface area contributed by atoms with Gasteiger partial charge in [-0.2, -0.15) is 0 Å². The zero-order chi connectivity index (χ0) is 14.2. The minimum Gasteiger partial charge on any atom is -0.478 e. The number of aromatic amines is 1. The molecule has 0 aliphatic rings. The fourth-order valence-electron chi connectivity index (χ4n) is 1.96. The smallest absolute Gasteiger partial charge is 0.352 e. The number of hydrogen-bond donors (Lipinski definition) is 3. The van der Waals surface area contributed by atoms with Gasteiger partial charge in [0, 0.05) is 11.3 Å². The van der Waals surface area contributed by atoms with Crippen molar-refractivity contribution in [2.45, 2.75) is 6.92 Å². The van der Waals surface area contributed by atoms with E-state index in [4.69, 9.17) is 5.11 Å². The Morgan fingerprint density at radius 3 is 2.16 bits per heavy atom. The summed E-state index contributed by atoms with van der Waals surface area (Å²) in [6, 6.07) is 4.98. The molecule has 0 saturated heterocycles. The summed E-state index contributed by atoms with van der Waals surface area (Å²) >= 11 is 0. The van der Waals surface area contributed by atoms with Gasteiger partial charge in [0.2, 0.25) is 0 Å². The van der Waals surface area contributed by atoms with Crippen LogP contribution in [0.3, 0.4) is 0 Å². The van der Waals surface area contributed by atoms with E-state index in [2.05, 4.69) is 4.98 Å². The molecule has 0 fully saturated rings. The fourth-order valence-corrected chi connectivity index (χ4v) is 1.96. The molecule has 1 aromatic carbocycles. The summed E-state index contributed by atoms with van der Waals surface area (Å²) in [5.74, 6) is -2.99. The predicted molar refractivity (Wildman–Crippen MR) is 64.8 cm³/mol. The van der Waals surface area contributed by atoms with Crippen LogP contribution in [-0.2, 0) is 0 Å². The molecule has 0 amide bonds. The Morgan fingerprint density at radius 1 is 1.11 bits per heavy atom. The van der Waals surface area contributed by atoms with E-state index < -0.39 is 17.8 Å². The molecule has 5 nitrogen and oxygen atoms in total. The molecule has 0 bridgehead atoms. The highest BCUT2D eigenvalue weighted by molar-refractivity contribution is 6.05. The third-order valence-corrected chi connectivity index (χ3v) is 2.75. The number of carboxylic acid groups (broad SMARTS) is 2. The van der Waals surface area contributed by atoms with Crippen molar-refractivity contribution in [2.75, 3.05) is 0 Å². The van der Waals surface area contributed by atoms with Gasteiger partial charge in [0.25, 0.3) is 0 Å². The minimum atomic E-state index is -1.27. The topological polar surface area (TPSA) is 90.4 Å². The standard InChI is InChI=1S/C13H10FNO4/c1-6-9(12(16)17)10(11(15-6)13(18)19)7-2-4-8(14)5-3-7/h2-5,15H,1H3,(H,16,17)(H,18,19). The maximum Gasteiger partial charge on any atom is 0.352 e. The highest BCUT2D eigenvalue weighted by atomic mass is 19.1. The van der Waals surface area contributed by atoms with Crippen molar-refractivity contribution in [1.29, 1.82) is 0 Å². The van der Waals surface area contributed by atoms with E-state index in [9.17, 15) is 19.1 Å². The number of aromatic carboxylic acids is 2. The van der Waals surface area contributed by atoms with Crippen LogP contribution in [0.1, 0.15) is 26.5 Å². The van der Waals surface area contributed by atoms with Crippen molar-refractivity contribution in [3.05, 3.63) is 47.0 Å². The molecule has 6 heteroatoms. The van der Waals surface area contributed by atoms with Crippen LogP contribution in [0.15, 0.2) is 24.3 Å². The van der Waals surface area contributed by atoms with Crippen molar-refractivity contribution >= 4 is 11.9 Å². The van der Waals surface area contributed by atoms with Crippen LogP contribution >= 0.6 is 0 Å². The Balaban J connectivity index is 2.75. The lowest BCUT2D eigenvalue weighted by molar-refractivity contribution is 0.0687. The van der Waals surface area contributed by atoms with Crippen LogP contribution in [-0.4, -0.2) is 27.1 Å². The maximum absolute atomic E-state index is 12.9. The van der Waals surface area contributed by atoms with E-state index in [1.165, 1.54) is 19.1 Å². The van der Waals surface area contributed by atoms with Gasteiger partial charge in [-0.05, 0) is 24.6 Å². The number of H-pyrrole nitrogens is 1. The minimum absolute atomic E-state index is 0.0532. The summed E-state index contributed by atoms with van der Waals surface area (Å²) in [4.78, 5) is 24.9. The molecular formula is C13H10FNO4. The van der Waals surface area contributed by atoms with E-state index in [0.29, 0.717) is 5.56 Å². The summed E-state index contributed by atoms with van der Waals surface area (Å²) < 4.78 is 12.9. The lowest BCUT2D eigenvalue weighted by Gasteiger charge is -2.03. The van der Waals surface area contributed by atoms with Gasteiger partial charge < -0.3 is 15.2 Å². The van der Waals surface area contributed by atoms with Gasteiger partial charge in [-0.25, -0.2) is 14.0 Å². The number of aryl methyl sites for hydroxylation is 1. The Morgan fingerprint density at radius 2 is 1.68 bits per heavy atom. The molecule has 0 aliphatic heterocycles. The van der Waals surface area contributed by atoms with Crippen LogP contribution in [0.4, 0.5) is 4.39 Å². The molecule has 98 valence electrons.